The number of ether oxygens (including phenoxy) is 1. The zero-order chi connectivity index (χ0) is 25.7. The smallest absolute Gasteiger partial charge is 0.244 e. The molecule has 1 atom stereocenters. The van der Waals surface area contributed by atoms with E-state index in [9.17, 15) is 9.59 Å². The lowest BCUT2D eigenvalue weighted by molar-refractivity contribution is -0.118. The maximum absolute atomic E-state index is 13.5. The van der Waals surface area contributed by atoms with Gasteiger partial charge in [0.05, 0.1) is 17.3 Å². The number of hydrogen-bond acceptors (Lipinski definition) is 6. The van der Waals surface area contributed by atoms with Crippen molar-refractivity contribution in [2.45, 2.75) is 37.3 Å². The molecule has 3 aromatic carbocycles. The Hall–Kier alpha value is -3.36. The van der Waals surface area contributed by atoms with Crippen LogP contribution in [0.25, 0.3) is 10.2 Å². The quantitative estimate of drug-likeness (QED) is 0.242. The second-order valence-electron chi connectivity index (χ2n) is 9.56. The van der Waals surface area contributed by atoms with Crippen LogP contribution in [0.2, 0.25) is 0 Å². The lowest BCUT2D eigenvalue weighted by atomic mass is 9.92. The van der Waals surface area contributed by atoms with Crippen LogP contribution in [-0.2, 0) is 9.59 Å². The van der Waals surface area contributed by atoms with Crippen LogP contribution in [0.4, 0.5) is 10.8 Å². The molecule has 0 bridgehead atoms. The lowest BCUT2D eigenvalue weighted by Crippen LogP contribution is -2.20. The van der Waals surface area contributed by atoms with Crippen molar-refractivity contribution < 1.29 is 14.3 Å². The topological polar surface area (TPSA) is 80.3 Å². The number of amides is 2. The van der Waals surface area contributed by atoms with Gasteiger partial charge >= 0.3 is 0 Å². The molecule has 0 fully saturated rings. The number of hydrogen-bond donors (Lipinski definition) is 2. The molecule has 0 saturated carbocycles. The maximum Gasteiger partial charge on any atom is 0.244 e. The van der Waals surface area contributed by atoms with E-state index in [-0.39, 0.29) is 17.2 Å². The minimum atomic E-state index is -0.506. The molecule has 2 amide bonds. The molecule has 6 nitrogen and oxygen atoms in total. The summed E-state index contributed by atoms with van der Waals surface area (Å²) in [4.78, 5) is 31.3. The average molecular weight is 520 g/mol. The van der Waals surface area contributed by atoms with Gasteiger partial charge in [0.15, 0.2) is 5.13 Å². The van der Waals surface area contributed by atoms with Crippen LogP contribution in [0.15, 0.2) is 77.7 Å². The van der Waals surface area contributed by atoms with E-state index in [4.69, 9.17) is 4.74 Å². The number of nitrogens with zero attached hydrogens (tertiary/aromatic N) is 1. The molecule has 0 aliphatic carbocycles. The molecule has 1 heterocycles. The second kappa shape index (κ2) is 11.1. The summed E-state index contributed by atoms with van der Waals surface area (Å²) in [5.41, 5.74) is 2.30. The second-order valence-corrected chi connectivity index (χ2v) is 11.8. The first kappa shape index (κ1) is 25.7. The Morgan fingerprint density at radius 3 is 2.50 bits per heavy atom. The molecule has 0 aliphatic heterocycles. The summed E-state index contributed by atoms with van der Waals surface area (Å²) in [6, 6.07) is 22.9. The van der Waals surface area contributed by atoms with Crippen LogP contribution in [0.5, 0.6) is 5.75 Å². The number of nitrogens with one attached hydrogen (secondary N) is 2. The van der Waals surface area contributed by atoms with Crippen molar-refractivity contribution in [2.75, 3.05) is 17.7 Å². The highest BCUT2D eigenvalue weighted by Gasteiger charge is 2.24. The molecular formula is C28H29N3O3S2. The molecule has 0 spiro atoms. The summed E-state index contributed by atoms with van der Waals surface area (Å²) < 4.78 is 6.23. The Morgan fingerprint density at radius 2 is 1.78 bits per heavy atom. The lowest BCUT2D eigenvalue weighted by Gasteiger charge is -2.18. The highest BCUT2D eigenvalue weighted by molar-refractivity contribution is 8.00. The van der Waals surface area contributed by atoms with Crippen LogP contribution in [0, 0.1) is 5.41 Å². The Morgan fingerprint density at radius 1 is 1.00 bits per heavy atom. The minimum Gasteiger partial charge on any atom is -0.497 e. The molecule has 4 aromatic rings. The monoisotopic (exact) mass is 519 g/mol. The van der Waals surface area contributed by atoms with Crippen molar-refractivity contribution in [3.8, 4) is 5.75 Å². The van der Waals surface area contributed by atoms with Crippen LogP contribution in [-0.4, -0.2) is 23.9 Å². The number of fused-ring (bicyclic) bond motifs is 1. The van der Waals surface area contributed by atoms with Crippen LogP contribution in [0.1, 0.15) is 38.0 Å². The first-order valence-corrected chi connectivity index (χ1v) is 13.3. The van der Waals surface area contributed by atoms with Gasteiger partial charge in [0, 0.05) is 17.0 Å². The summed E-state index contributed by atoms with van der Waals surface area (Å²) in [6.45, 7) is 6.09. The van der Waals surface area contributed by atoms with Gasteiger partial charge in [-0.05, 0) is 47.4 Å². The van der Waals surface area contributed by atoms with E-state index < -0.39 is 5.25 Å². The van der Waals surface area contributed by atoms with E-state index in [1.165, 1.54) is 23.1 Å². The van der Waals surface area contributed by atoms with Gasteiger partial charge in [-0.25, -0.2) is 4.98 Å². The van der Waals surface area contributed by atoms with Gasteiger partial charge in [-0.15, -0.1) is 11.8 Å². The fourth-order valence-corrected chi connectivity index (χ4v) is 5.61. The number of thioether (sulfide) groups is 1. The molecule has 0 saturated heterocycles. The fourth-order valence-electron chi connectivity index (χ4n) is 3.63. The number of methoxy groups -OCH3 is 1. The zero-order valence-electron chi connectivity index (χ0n) is 20.7. The van der Waals surface area contributed by atoms with E-state index in [0.717, 1.165) is 26.4 Å². The zero-order valence-corrected chi connectivity index (χ0v) is 22.3. The van der Waals surface area contributed by atoms with Gasteiger partial charge < -0.3 is 15.4 Å². The predicted molar refractivity (Wildman–Crippen MR) is 149 cm³/mol. The normalized spacial score (nSPS) is 12.2. The van der Waals surface area contributed by atoms with Gasteiger partial charge in [-0.2, -0.15) is 0 Å². The van der Waals surface area contributed by atoms with Crippen LogP contribution in [0.3, 0.4) is 0 Å². The Labute approximate surface area is 219 Å². The van der Waals surface area contributed by atoms with E-state index in [2.05, 4.69) is 15.6 Å². The third-order valence-electron chi connectivity index (χ3n) is 5.23. The molecule has 0 aliphatic rings. The Kier molecular flexibility index (Phi) is 7.96. The van der Waals surface area contributed by atoms with Gasteiger partial charge in [-0.1, -0.05) is 68.5 Å². The highest BCUT2D eigenvalue weighted by atomic mass is 32.2. The van der Waals surface area contributed by atoms with E-state index in [1.54, 1.807) is 7.11 Å². The molecule has 186 valence electrons. The SMILES string of the molecule is COc1ccc2nc(NC(=O)C(Sc3cccc(NC(=O)CC(C)(C)C)c3)c3ccccc3)sc2c1. The first-order valence-electron chi connectivity index (χ1n) is 11.6. The van der Waals surface area contributed by atoms with Crippen molar-refractivity contribution in [2.24, 2.45) is 5.41 Å². The molecule has 36 heavy (non-hydrogen) atoms. The predicted octanol–water partition coefficient (Wildman–Crippen LogP) is 7.15. The van der Waals surface area contributed by atoms with Crippen molar-refractivity contribution in [3.05, 3.63) is 78.4 Å². The highest BCUT2D eigenvalue weighted by Crippen LogP contribution is 2.38. The molecule has 2 N–H and O–H groups in total. The summed E-state index contributed by atoms with van der Waals surface area (Å²) in [7, 11) is 1.62. The summed E-state index contributed by atoms with van der Waals surface area (Å²) >= 11 is 2.84. The van der Waals surface area contributed by atoms with E-state index in [0.29, 0.717) is 17.2 Å². The van der Waals surface area contributed by atoms with Crippen molar-refractivity contribution >= 4 is 55.9 Å². The number of benzene rings is 3. The first-order chi connectivity index (χ1) is 17.2. The number of aromatic nitrogens is 1. The fraction of sp³-hybridized carbons (Fsp3) is 0.250. The largest absolute Gasteiger partial charge is 0.497 e. The van der Waals surface area contributed by atoms with Gasteiger partial charge in [0.1, 0.15) is 11.0 Å². The summed E-state index contributed by atoms with van der Waals surface area (Å²) in [6.07, 6.45) is 0.424. The van der Waals surface area contributed by atoms with Crippen molar-refractivity contribution in [1.29, 1.82) is 0 Å². The molecule has 8 heteroatoms. The van der Waals surface area contributed by atoms with Crippen LogP contribution >= 0.6 is 23.1 Å². The standard InChI is InChI=1S/C28H29N3O3S2/c1-28(2,3)17-24(32)29-19-11-8-12-21(15-19)35-25(18-9-6-5-7-10-18)26(33)31-27-30-22-14-13-20(34-4)16-23(22)36-27/h5-16,25H,17H2,1-4H3,(H,29,32)(H,30,31,33). The summed E-state index contributed by atoms with van der Waals surface area (Å²) in [5.74, 6) is 0.546. The molecule has 1 aromatic heterocycles. The molecule has 1 unspecified atom stereocenters. The summed E-state index contributed by atoms with van der Waals surface area (Å²) in [5, 5.41) is 6.00. The molecule has 4 rings (SSSR count). The Bertz CT molecular complexity index is 1360. The van der Waals surface area contributed by atoms with Crippen molar-refractivity contribution in [1.82, 2.24) is 4.98 Å². The number of thiazole rings is 1. The van der Waals surface area contributed by atoms with Crippen LogP contribution < -0.4 is 15.4 Å². The molecule has 0 radical (unpaired) electrons. The maximum atomic E-state index is 13.5. The average Bonchev–Trinajstić information content (AvgIpc) is 3.23. The van der Waals surface area contributed by atoms with E-state index >= 15 is 0 Å². The third-order valence-corrected chi connectivity index (χ3v) is 7.41. The van der Waals surface area contributed by atoms with Gasteiger partial charge in [0.2, 0.25) is 11.8 Å². The number of rotatable bonds is 8. The number of carbonyl (C=O) groups excluding carboxylic acids is 2. The van der Waals surface area contributed by atoms with Crippen molar-refractivity contribution in [3.63, 3.8) is 0 Å². The minimum absolute atomic E-state index is 0.0329. The van der Waals surface area contributed by atoms with Gasteiger partial charge in [0.25, 0.3) is 0 Å². The number of carbonyl (C=O) groups is 2. The third kappa shape index (κ3) is 6.86. The number of anilines is 2. The van der Waals surface area contributed by atoms with Gasteiger partial charge in [-0.3, -0.25) is 9.59 Å². The molecular weight excluding hydrogens is 490 g/mol. The Balaban J connectivity index is 1.54. The van der Waals surface area contributed by atoms with E-state index in [1.807, 2.05) is 93.6 Å².